The van der Waals surface area contributed by atoms with E-state index in [0.29, 0.717) is 25.3 Å². The second kappa shape index (κ2) is 6.48. The molecule has 0 radical (unpaired) electrons. The third-order valence-electron chi connectivity index (χ3n) is 4.37. The van der Waals surface area contributed by atoms with Gasteiger partial charge in [-0.15, -0.1) is 0 Å². The van der Waals surface area contributed by atoms with Gasteiger partial charge in [-0.05, 0) is 40.6 Å². The fourth-order valence-electron chi connectivity index (χ4n) is 3.07. The van der Waals surface area contributed by atoms with E-state index >= 15 is 0 Å². The van der Waals surface area contributed by atoms with E-state index in [1.54, 1.807) is 4.90 Å². The third-order valence-corrected chi connectivity index (χ3v) is 4.37. The highest BCUT2D eigenvalue weighted by Gasteiger charge is 2.15. The molecule has 0 unspecified atom stereocenters. The molecular formula is C21H19NO3. The maximum absolute atomic E-state index is 12.8. The Labute approximate surface area is 146 Å². The number of rotatable bonds is 3. The molecule has 0 N–H and O–H groups in total. The Morgan fingerprint density at radius 1 is 0.920 bits per heavy atom. The monoisotopic (exact) mass is 333 g/mol. The summed E-state index contributed by atoms with van der Waals surface area (Å²) in [6.07, 6.45) is 0. The maximum Gasteiger partial charge on any atom is 0.253 e. The molecule has 4 heteroatoms. The summed E-state index contributed by atoms with van der Waals surface area (Å²) in [7, 11) is 1.81. The van der Waals surface area contributed by atoms with Gasteiger partial charge in [0, 0.05) is 19.2 Å². The molecule has 126 valence electrons. The summed E-state index contributed by atoms with van der Waals surface area (Å²) in [6, 6.07) is 19.7. The zero-order valence-corrected chi connectivity index (χ0v) is 14.1. The summed E-state index contributed by atoms with van der Waals surface area (Å²) in [5, 5.41) is 2.20. The zero-order valence-electron chi connectivity index (χ0n) is 14.1. The minimum Gasteiger partial charge on any atom is -0.486 e. The molecule has 25 heavy (non-hydrogen) atoms. The van der Waals surface area contributed by atoms with Crippen molar-refractivity contribution in [2.75, 3.05) is 20.3 Å². The Morgan fingerprint density at radius 3 is 2.52 bits per heavy atom. The first-order valence-electron chi connectivity index (χ1n) is 8.33. The van der Waals surface area contributed by atoms with Gasteiger partial charge in [-0.1, -0.05) is 36.4 Å². The fraction of sp³-hybridized carbons (Fsp3) is 0.190. The van der Waals surface area contributed by atoms with Crippen molar-refractivity contribution >= 4 is 16.7 Å². The average molecular weight is 333 g/mol. The average Bonchev–Trinajstić information content (AvgIpc) is 2.67. The Balaban J connectivity index is 1.53. The van der Waals surface area contributed by atoms with Crippen molar-refractivity contribution in [2.24, 2.45) is 0 Å². The SMILES string of the molecule is CN(Cc1ccc2c(c1)OCCO2)C(=O)c1ccc2ccccc2c1. The van der Waals surface area contributed by atoms with Crippen LogP contribution in [0.25, 0.3) is 10.8 Å². The second-order valence-corrected chi connectivity index (χ2v) is 6.20. The summed E-state index contributed by atoms with van der Waals surface area (Å²) in [4.78, 5) is 14.5. The van der Waals surface area contributed by atoms with Crippen molar-refractivity contribution in [3.8, 4) is 11.5 Å². The lowest BCUT2D eigenvalue weighted by atomic mass is 10.1. The lowest BCUT2D eigenvalue weighted by Gasteiger charge is -2.21. The van der Waals surface area contributed by atoms with Crippen LogP contribution < -0.4 is 9.47 Å². The van der Waals surface area contributed by atoms with E-state index in [9.17, 15) is 4.79 Å². The van der Waals surface area contributed by atoms with Crippen LogP contribution in [0.1, 0.15) is 15.9 Å². The summed E-state index contributed by atoms with van der Waals surface area (Å²) in [5.74, 6) is 1.51. The topological polar surface area (TPSA) is 38.8 Å². The molecule has 1 aliphatic rings. The first kappa shape index (κ1) is 15.5. The van der Waals surface area contributed by atoms with Crippen LogP contribution in [0.2, 0.25) is 0 Å². The molecule has 3 aromatic carbocycles. The zero-order chi connectivity index (χ0) is 17.2. The van der Waals surface area contributed by atoms with Crippen LogP contribution in [0.3, 0.4) is 0 Å². The number of amides is 1. The van der Waals surface area contributed by atoms with Gasteiger partial charge in [0.1, 0.15) is 13.2 Å². The summed E-state index contributed by atoms with van der Waals surface area (Å²) in [5.41, 5.74) is 1.71. The number of carbonyl (C=O) groups is 1. The Hall–Kier alpha value is -3.01. The molecule has 0 saturated heterocycles. The number of fused-ring (bicyclic) bond motifs is 2. The van der Waals surface area contributed by atoms with E-state index < -0.39 is 0 Å². The Morgan fingerprint density at radius 2 is 1.68 bits per heavy atom. The fourth-order valence-corrected chi connectivity index (χ4v) is 3.07. The van der Waals surface area contributed by atoms with Crippen molar-refractivity contribution in [1.29, 1.82) is 0 Å². The van der Waals surface area contributed by atoms with E-state index in [4.69, 9.17) is 9.47 Å². The summed E-state index contributed by atoms with van der Waals surface area (Å²) >= 11 is 0. The highest BCUT2D eigenvalue weighted by atomic mass is 16.6. The maximum atomic E-state index is 12.8. The van der Waals surface area contributed by atoms with E-state index in [2.05, 4.69) is 0 Å². The predicted molar refractivity (Wildman–Crippen MR) is 97.2 cm³/mol. The van der Waals surface area contributed by atoms with Crippen LogP contribution in [-0.4, -0.2) is 31.1 Å². The van der Waals surface area contributed by atoms with Gasteiger partial charge < -0.3 is 14.4 Å². The van der Waals surface area contributed by atoms with Gasteiger partial charge in [-0.2, -0.15) is 0 Å². The lowest BCUT2D eigenvalue weighted by Crippen LogP contribution is -2.26. The molecule has 3 aromatic rings. The molecule has 1 aliphatic heterocycles. The van der Waals surface area contributed by atoms with Gasteiger partial charge in [0.15, 0.2) is 11.5 Å². The molecule has 0 aliphatic carbocycles. The summed E-state index contributed by atoms with van der Waals surface area (Å²) in [6.45, 7) is 1.65. The van der Waals surface area contributed by atoms with E-state index in [0.717, 1.165) is 27.8 Å². The number of benzene rings is 3. The molecule has 0 aromatic heterocycles. The molecule has 0 saturated carbocycles. The van der Waals surface area contributed by atoms with Gasteiger partial charge in [0.2, 0.25) is 0 Å². The highest BCUT2D eigenvalue weighted by Crippen LogP contribution is 2.31. The second-order valence-electron chi connectivity index (χ2n) is 6.20. The van der Waals surface area contributed by atoms with Crippen molar-refractivity contribution < 1.29 is 14.3 Å². The molecular weight excluding hydrogens is 314 g/mol. The van der Waals surface area contributed by atoms with E-state index in [1.165, 1.54) is 0 Å². The normalized spacial score (nSPS) is 12.8. The van der Waals surface area contributed by atoms with E-state index in [-0.39, 0.29) is 5.91 Å². The van der Waals surface area contributed by atoms with Crippen LogP contribution in [-0.2, 0) is 6.54 Å². The van der Waals surface area contributed by atoms with Crippen LogP contribution in [0.4, 0.5) is 0 Å². The molecule has 4 rings (SSSR count). The minimum absolute atomic E-state index is 0.000595. The van der Waals surface area contributed by atoms with Gasteiger partial charge in [-0.25, -0.2) is 0 Å². The first-order chi connectivity index (χ1) is 12.2. The van der Waals surface area contributed by atoms with Crippen molar-refractivity contribution in [3.63, 3.8) is 0 Å². The van der Waals surface area contributed by atoms with Gasteiger partial charge in [0.25, 0.3) is 5.91 Å². The number of carbonyl (C=O) groups excluding carboxylic acids is 1. The minimum atomic E-state index is 0.000595. The number of hydrogen-bond donors (Lipinski definition) is 0. The number of hydrogen-bond acceptors (Lipinski definition) is 3. The molecule has 0 bridgehead atoms. The van der Waals surface area contributed by atoms with Gasteiger partial charge in [-0.3, -0.25) is 4.79 Å². The Kier molecular flexibility index (Phi) is 4.02. The smallest absolute Gasteiger partial charge is 0.253 e. The number of nitrogens with zero attached hydrogens (tertiary/aromatic N) is 1. The van der Waals surface area contributed by atoms with Crippen LogP contribution in [0, 0.1) is 0 Å². The van der Waals surface area contributed by atoms with Crippen molar-refractivity contribution in [3.05, 3.63) is 71.8 Å². The first-order valence-corrected chi connectivity index (χ1v) is 8.33. The molecule has 0 spiro atoms. The van der Waals surface area contributed by atoms with Crippen molar-refractivity contribution in [1.82, 2.24) is 4.90 Å². The van der Waals surface area contributed by atoms with Crippen LogP contribution in [0.5, 0.6) is 11.5 Å². The molecule has 1 amide bonds. The highest BCUT2D eigenvalue weighted by molar-refractivity contribution is 5.98. The van der Waals surface area contributed by atoms with E-state index in [1.807, 2.05) is 67.7 Å². The molecule has 0 fully saturated rings. The number of ether oxygens (including phenoxy) is 2. The molecule has 4 nitrogen and oxygen atoms in total. The van der Waals surface area contributed by atoms with Gasteiger partial charge >= 0.3 is 0 Å². The van der Waals surface area contributed by atoms with Gasteiger partial charge in [0.05, 0.1) is 0 Å². The third kappa shape index (κ3) is 3.15. The van der Waals surface area contributed by atoms with Crippen LogP contribution in [0.15, 0.2) is 60.7 Å². The largest absolute Gasteiger partial charge is 0.486 e. The van der Waals surface area contributed by atoms with Crippen LogP contribution >= 0.6 is 0 Å². The predicted octanol–water partition coefficient (Wildman–Crippen LogP) is 3.88. The standard InChI is InChI=1S/C21H19NO3/c1-22(14-15-6-9-19-20(12-15)25-11-10-24-19)21(23)18-8-7-16-4-2-3-5-17(16)13-18/h2-9,12-13H,10-11,14H2,1H3. The molecule has 1 heterocycles. The molecule has 0 atom stereocenters. The van der Waals surface area contributed by atoms with Crippen molar-refractivity contribution in [2.45, 2.75) is 6.54 Å². The summed E-state index contributed by atoms with van der Waals surface area (Å²) < 4.78 is 11.1. The lowest BCUT2D eigenvalue weighted by molar-refractivity contribution is 0.0785. The quantitative estimate of drug-likeness (QED) is 0.730. The Bertz CT molecular complexity index is 935.